The maximum absolute atomic E-state index is 5.24. The molecule has 0 saturated carbocycles. The summed E-state index contributed by atoms with van der Waals surface area (Å²) in [6.45, 7) is 12.2. The van der Waals surface area contributed by atoms with Gasteiger partial charge in [0.25, 0.3) is 0 Å². The molecular formula is C26H38N6. The SMILES string of the molecule is Cc1cccnc1[C@@H]1CCC[C@H](C2CN3C(N4CCN(C(C)C)CC4)=CC=CC3=N2)N1C. The van der Waals surface area contributed by atoms with Gasteiger partial charge in [-0.05, 0) is 70.9 Å². The van der Waals surface area contributed by atoms with Crippen molar-refractivity contribution in [3.8, 4) is 0 Å². The van der Waals surface area contributed by atoms with Crippen LogP contribution in [0.15, 0.2) is 47.4 Å². The molecule has 0 spiro atoms. The third-order valence-electron chi connectivity index (χ3n) is 7.88. The molecule has 6 nitrogen and oxygen atoms in total. The number of aryl methyl sites for hydroxylation is 1. The summed E-state index contributed by atoms with van der Waals surface area (Å²) in [5.74, 6) is 2.48. The van der Waals surface area contributed by atoms with Crippen molar-refractivity contribution in [2.75, 3.05) is 39.8 Å². The van der Waals surface area contributed by atoms with E-state index in [1.165, 1.54) is 36.3 Å². The molecule has 0 N–H and O–H groups in total. The van der Waals surface area contributed by atoms with E-state index in [0.717, 1.165) is 38.6 Å². The number of allylic oxidation sites excluding steroid dienone is 2. The van der Waals surface area contributed by atoms with Crippen LogP contribution in [0.4, 0.5) is 0 Å². The first-order valence-electron chi connectivity index (χ1n) is 12.4. The number of likely N-dealkylation sites (tertiary alicyclic amines) is 1. The number of nitrogens with zero attached hydrogens (tertiary/aromatic N) is 6. The Morgan fingerprint density at radius 1 is 1.09 bits per heavy atom. The van der Waals surface area contributed by atoms with E-state index in [4.69, 9.17) is 9.98 Å². The summed E-state index contributed by atoms with van der Waals surface area (Å²) in [6, 6.07) is 6.02. The molecule has 0 bridgehead atoms. The average Bonchev–Trinajstić information content (AvgIpc) is 3.24. The highest BCUT2D eigenvalue weighted by Gasteiger charge is 2.40. The number of rotatable bonds is 4. The van der Waals surface area contributed by atoms with Crippen LogP contribution in [0.5, 0.6) is 0 Å². The van der Waals surface area contributed by atoms with E-state index in [-0.39, 0.29) is 0 Å². The summed E-state index contributed by atoms with van der Waals surface area (Å²) in [7, 11) is 2.29. The molecule has 172 valence electrons. The number of fused-ring (bicyclic) bond motifs is 1. The van der Waals surface area contributed by atoms with Gasteiger partial charge in [-0.3, -0.25) is 19.8 Å². The van der Waals surface area contributed by atoms with Gasteiger partial charge in [0, 0.05) is 51.0 Å². The molecule has 5 rings (SSSR count). The molecule has 2 fully saturated rings. The Morgan fingerprint density at radius 2 is 1.91 bits per heavy atom. The van der Waals surface area contributed by atoms with E-state index in [0.29, 0.717) is 24.2 Å². The second kappa shape index (κ2) is 8.99. The van der Waals surface area contributed by atoms with Crippen LogP contribution in [-0.4, -0.2) is 88.3 Å². The molecular weight excluding hydrogens is 396 g/mol. The first-order chi connectivity index (χ1) is 15.5. The number of likely N-dealkylation sites (N-methyl/N-ethyl adjacent to an activating group) is 1. The van der Waals surface area contributed by atoms with Gasteiger partial charge in [0.05, 0.1) is 17.8 Å². The Labute approximate surface area is 193 Å². The van der Waals surface area contributed by atoms with E-state index < -0.39 is 0 Å². The minimum Gasteiger partial charge on any atom is -0.355 e. The molecule has 4 aliphatic heterocycles. The fourth-order valence-electron chi connectivity index (χ4n) is 5.97. The van der Waals surface area contributed by atoms with Crippen LogP contribution in [0.1, 0.15) is 50.4 Å². The Bertz CT molecular complexity index is 911. The Morgan fingerprint density at radius 3 is 2.66 bits per heavy atom. The molecule has 0 aliphatic carbocycles. The lowest BCUT2D eigenvalue weighted by molar-refractivity contribution is 0.0881. The molecule has 1 aromatic heterocycles. The lowest BCUT2D eigenvalue weighted by atomic mass is 9.89. The highest BCUT2D eigenvalue weighted by Crippen LogP contribution is 2.37. The number of pyridine rings is 1. The van der Waals surface area contributed by atoms with Crippen LogP contribution in [0.2, 0.25) is 0 Å². The molecule has 0 radical (unpaired) electrons. The van der Waals surface area contributed by atoms with Gasteiger partial charge in [-0.15, -0.1) is 0 Å². The zero-order valence-electron chi connectivity index (χ0n) is 20.1. The summed E-state index contributed by atoms with van der Waals surface area (Å²) in [5.41, 5.74) is 2.54. The molecule has 0 amide bonds. The Hall–Kier alpha value is -2.18. The fraction of sp³-hybridized carbons (Fsp3) is 0.615. The monoisotopic (exact) mass is 434 g/mol. The molecule has 6 heteroatoms. The zero-order chi connectivity index (χ0) is 22.2. The number of aliphatic imine (C=N–C) groups is 1. The van der Waals surface area contributed by atoms with Gasteiger partial charge >= 0.3 is 0 Å². The van der Waals surface area contributed by atoms with Crippen LogP contribution < -0.4 is 0 Å². The maximum atomic E-state index is 5.24. The number of hydrogen-bond acceptors (Lipinski definition) is 6. The van der Waals surface area contributed by atoms with Gasteiger partial charge in [0.1, 0.15) is 11.7 Å². The van der Waals surface area contributed by atoms with Crippen LogP contribution in [0.25, 0.3) is 0 Å². The summed E-state index contributed by atoms with van der Waals surface area (Å²) in [4.78, 5) is 20.2. The molecule has 32 heavy (non-hydrogen) atoms. The van der Waals surface area contributed by atoms with E-state index in [2.05, 4.69) is 71.7 Å². The van der Waals surface area contributed by atoms with Crippen molar-refractivity contribution in [3.63, 3.8) is 0 Å². The normalized spacial score (nSPS) is 29.3. The summed E-state index contributed by atoms with van der Waals surface area (Å²) >= 11 is 0. The van der Waals surface area contributed by atoms with E-state index in [1.54, 1.807) is 0 Å². The van der Waals surface area contributed by atoms with Gasteiger partial charge in [0.15, 0.2) is 0 Å². The van der Waals surface area contributed by atoms with Crippen molar-refractivity contribution >= 4 is 5.84 Å². The Balaban J connectivity index is 1.29. The Kier molecular flexibility index (Phi) is 6.08. The topological polar surface area (TPSA) is 38.2 Å². The van der Waals surface area contributed by atoms with Gasteiger partial charge < -0.3 is 9.80 Å². The molecule has 5 heterocycles. The van der Waals surface area contributed by atoms with Crippen molar-refractivity contribution in [2.24, 2.45) is 4.99 Å². The van der Waals surface area contributed by atoms with Gasteiger partial charge in [-0.25, -0.2) is 0 Å². The predicted octanol–water partition coefficient (Wildman–Crippen LogP) is 3.44. The standard InChI is InChI=1S/C26H38N6/c1-19(2)30-14-16-31(17-15-30)25-12-6-11-24-28-21(18-32(24)25)22-9-5-10-23(29(22)4)26-20(3)8-7-13-27-26/h6-8,11-13,19,21-23H,5,9-10,14-18H2,1-4H3/t21?,22-,23+/m1/s1. The second-order valence-corrected chi connectivity index (χ2v) is 10.1. The number of hydrogen-bond donors (Lipinski definition) is 0. The van der Waals surface area contributed by atoms with E-state index >= 15 is 0 Å². The highest BCUT2D eigenvalue weighted by molar-refractivity contribution is 5.97. The van der Waals surface area contributed by atoms with Crippen molar-refractivity contribution in [1.29, 1.82) is 0 Å². The fourth-order valence-corrected chi connectivity index (χ4v) is 5.97. The van der Waals surface area contributed by atoms with Crippen LogP contribution in [0, 0.1) is 6.92 Å². The number of amidine groups is 1. The van der Waals surface area contributed by atoms with Crippen LogP contribution >= 0.6 is 0 Å². The molecule has 3 atom stereocenters. The minimum atomic E-state index is 0.310. The van der Waals surface area contributed by atoms with Crippen LogP contribution in [0.3, 0.4) is 0 Å². The van der Waals surface area contributed by atoms with E-state index in [9.17, 15) is 0 Å². The molecule has 4 aliphatic rings. The first-order valence-corrected chi connectivity index (χ1v) is 12.4. The third kappa shape index (κ3) is 3.99. The summed E-state index contributed by atoms with van der Waals surface area (Å²) in [5, 5.41) is 0. The minimum absolute atomic E-state index is 0.310. The van der Waals surface area contributed by atoms with Crippen molar-refractivity contribution in [3.05, 3.63) is 53.6 Å². The first kappa shape index (κ1) is 21.7. The third-order valence-corrected chi connectivity index (χ3v) is 7.88. The zero-order valence-corrected chi connectivity index (χ0v) is 20.1. The predicted molar refractivity (Wildman–Crippen MR) is 131 cm³/mol. The molecule has 0 aromatic carbocycles. The summed E-state index contributed by atoms with van der Waals surface area (Å²) < 4.78 is 0. The average molecular weight is 435 g/mol. The molecule has 1 aromatic rings. The largest absolute Gasteiger partial charge is 0.355 e. The van der Waals surface area contributed by atoms with Crippen molar-refractivity contribution in [2.45, 2.75) is 64.2 Å². The summed E-state index contributed by atoms with van der Waals surface area (Å²) in [6.07, 6.45) is 12.2. The van der Waals surface area contributed by atoms with Crippen molar-refractivity contribution < 1.29 is 0 Å². The van der Waals surface area contributed by atoms with E-state index in [1.807, 2.05) is 12.3 Å². The van der Waals surface area contributed by atoms with Crippen LogP contribution in [-0.2, 0) is 0 Å². The molecule has 2 saturated heterocycles. The lowest BCUT2D eigenvalue weighted by Gasteiger charge is -2.43. The lowest BCUT2D eigenvalue weighted by Crippen LogP contribution is -2.52. The number of piperazine rings is 1. The number of piperidine rings is 1. The quantitative estimate of drug-likeness (QED) is 0.726. The van der Waals surface area contributed by atoms with Gasteiger partial charge in [-0.1, -0.05) is 12.1 Å². The molecule has 1 unspecified atom stereocenters. The van der Waals surface area contributed by atoms with Gasteiger partial charge in [-0.2, -0.15) is 0 Å². The number of aromatic nitrogens is 1. The highest BCUT2D eigenvalue weighted by atomic mass is 15.4. The maximum Gasteiger partial charge on any atom is 0.129 e. The van der Waals surface area contributed by atoms with Crippen molar-refractivity contribution in [1.82, 2.24) is 24.6 Å². The smallest absolute Gasteiger partial charge is 0.129 e. The second-order valence-electron chi connectivity index (χ2n) is 10.1. The van der Waals surface area contributed by atoms with Gasteiger partial charge in [0.2, 0.25) is 0 Å².